The third-order valence-corrected chi connectivity index (χ3v) is 10.4. The lowest BCUT2D eigenvalue weighted by atomic mass is 9.92. The number of benzene rings is 2. The molecule has 168 valence electrons. The summed E-state index contributed by atoms with van der Waals surface area (Å²) in [5.41, 5.74) is 2.85. The van der Waals surface area contributed by atoms with Crippen molar-refractivity contribution < 1.29 is 13.7 Å². The van der Waals surface area contributed by atoms with Crippen molar-refractivity contribution in [1.82, 2.24) is 10.1 Å². The second kappa shape index (κ2) is 9.17. The quantitative estimate of drug-likeness (QED) is 0.394. The van der Waals surface area contributed by atoms with Crippen LogP contribution in [0.5, 0.6) is 11.5 Å². The molecule has 1 heterocycles. The maximum Gasteiger partial charge on any atom is 0.250 e. The molecule has 3 rings (SSSR count). The van der Waals surface area contributed by atoms with Crippen molar-refractivity contribution in [3.05, 3.63) is 59.5 Å². The van der Waals surface area contributed by atoms with Crippen LogP contribution in [0.2, 0.25) is 18.1 Å². The van der Waals surface area contributed by atoms with E-state index in [0.717, 1.165) is 22.4 Å². The summed E-state index contributed by atoms with van der Waals surface area (Å²) >= 11 is 0. The van der Waals surface area contributed by atoms with E-state index in [9.17, 15) is 5.26 Å². The number of hydrogen-bond donors (Lipinski definition) is 0. The highest BCUT2D eigenvalue weighted by atomic mass is 28.4. The smallest absolute Gasteiger partial charge is 0.250 e. The van der Waals surface area contributed by atoms with Crippen LogP contribution < -0.4 is 9.16 Å². The van der Waals surface area contributed by atoms with Gasteiger partial charge in [0, 0.05) is 12.5 Å². The summed E-state index contributed by atoms with van der Waals surface area (Å²) < 4.78 is 17.1. The summed E-state index contributed by atoms with van der Waals surface area (Å²) in [6.07, 6.45) is 0.591. The fourth-order valence-corrected chi connectivity index (χ4v) is 4.12. The SMILES string of the molecule is COc1cc(C(C#N)Cc2ccc(-c3noc(C)n3)cc2)ccc1O[Si](C)(C)C(C)(C)C. The molecule has 0 aliphatic heterocycles. The molecule has 0 fully saturated rings. The first-order valence-corrected chi connectivity index (χ1v) is 13.6. The van der Waals surface area contributed by atoms with Gasteiger partial charge in [-0.15, -0.1) is 0 Å². The number of nitrogens with zero attached hydrogens (tertiary/aromatic N) is 3. The van der Waals surface area contributed by atoms with Gasteiger partial charge in [-0.05, 0) is 47.8 Å². The molecule has 1 unspecified atom stereocenters. The van der Waals surface area contributed by atoms with Gasteiger partial charge < -0.3 is 13.7 Å². The highest BCUT2D eigenvalue weighted by Crippen LogP contribution is 2.41. The molecule has 7 heteroatoms. The molecule has 32 heavy (non-hydrogen) atoms. The van der Waals surface area contributed by atoms with Crippen molar-refractivity contribution in [3.63, 3.8) is 0 Å². The molecular formula is C25H31N3O3Si. The predicted octanol–water partition coefficient (Wildman–Crippen LogP) is 6.29. The van der Waals surface area contributed by atoms with E-state index in [2.05, 4.69) is 50.1 Å². The van der Waals surface area contributed by atoms with E-state index >= 15 is 0 Å². The van der Waals surface area contributed by atoms with E-state index in [1.54, 1.807) is 14.0 Å². The highest BCUT2D eigenvalue weighted by Gasteiger charge is 2.39. The number of ether oxygens (including phenoxy) is 1. The van der Waals surface area contributed by atoms with Crippen LogP contribution in [0.3, 0.4) is 0 Å². The highest BCUT2D eigenvalue weighted by molar-refractivity contribution is 6.74. The maximum absolute atomic E-state index is 9.85. The van der Waals surface area contributed by atoms with Gasteiger partial charge in [0.15, 0.2) is 5.75 Å². The Morgan fingerprint density at radius 1 is 1.09 bits per heavy atom. The fraction of sp³-hybridized carbons (Fsp3) is 0.400. The van der Waals surface area contributed by atoms with Gasteiger partial charge in [0.1, 0.15) is 5.75 Å². The zero-order valence-electron chi connectivity index (χ0n) is 19.9. The van der Waals surface area contributed by atoms with Crippen molar-refractivity contribution in [1.29, 1.82) is 5.26 Å². The van der Waals surface area contributed by atoms with Crippen LogP contribution in [-0.4, -0.2) is 25.6 Å². The van der Waals surface area contributed by atoms with Gasteiger partial charge in [-0.1, -0.05) is 56.3 Å². The van der Waals surface area contributed by atoms with E-state index in [4.69, 9.17) is 13.7 Å². The predicted molar refractivity (Wildman–Crippen MR) is 127 cm³/mol. The molecular weight excluding hydrogens is 418 g/mol. The van der Waals surface area contributed by atoms with Gasteiger partial charge in [-0.3, -0.25) is 0 Å². The van der Waals surface area contributed by atoms with Gasteiger partial charge in [-0.2, -0.15) is 10.2 Å². The van der Waals surface area contributed by atoms with Crippen molar-refractivity contribution in [2.24, 2.45) is 0 Å². The number of rotatable bonds is 7. The largest absolute Gasteiger partial charge is 0.541 e. The monoisotopic (exact) mass is 449 g/mol. The van der Waals surface area contributed by atoms with Crippen molar-refractivity contribution in [2.75, 3.05) is 7.11 Å². The molecule has 0 saturated carbocycles. The van der Waals surface area contributed by atoms with Gasteiger partial charge in [-0.25, -0.2) is 0 Å². The van der Waals surface area contributed by atoms with Gasteiger partial charge in [0.25, 0.3) is 8.32 Å². The van der Waals surface area contributed by atoms with Crippen molar-refractivity contribution >= 4 is 8.32 Å². The van der Waals surface area contributed by atoms with E-state index in [1.807, 2.05) is 42.5 Å². The number of aryl methyl sites for hydroxylation is 1. The average molecular weight is 450 g/mol. The van der Waals surface area contributed by atoms with E-state index in [-0.39, 0.29) is 11.0 Å². The summed E-state index contributed by atoms with van der Waals surface area (Å²) in [5.74, 6) is 2.19. The number of hydrogen-bond acceptors (Lipinski definition) is 6. The van der Waals surface area contributed by atoms with Crippen LogP contribution in [0.15, 0.2) is 47.0 Å². The topological polar surface area (TPSA) is 81.2 Å². The Balaban J connectivity index is 1.79. The lowest BCUT2D eigenvalue weighted by Crippen LogP contribution is -2.43. The fourth-order valence-electron chi connectivity index (χ4n) is 3.09. The molecule has 0 bridgehead atoms. The van der Waals surface area contributed by atoms with Crippen molar-refractivity contribution in [3.8, 4) is 29.0 Å². The second-order valence-electron chi connectivity index (χ2n) is 9.49. The molecule has 1 atom stereocenters. The molecule has 6 nitrogen and oxygen atoms in total. The minimum atomic E-state index is -2.00. The van der Waals surface area contributed by atoms with Crippen LogP contribution in [0.1, 0.15) is 43.7 Å². The minimum absolute atomic E-state index is 0.0816. The molecule has 0 aliphatic rings. The summed E-state index contributed by atoms with van der Waals surface area (Å²) in [7, 11) is -0.365. The lowest BCUT2D eigenvalue weighted by Gasteiger charge is -2.36. The number of methoxy groups -OCH3 is 1. The molecule has 1 aromatic heterocycles. The van der Waals surface area contributed by atoms with Gasteiger partial charge >= 0.3 is 0 Å². The van der Waals surface area contributed by atoms with E-state index in [1.165, 1.54) is 0 Å². The normalized spacial score (nSPS) is 12.8. The van der Waals surface area contributed by atoms with Crippen LogP contribution in [0.4, 0.5) is 0 Å². The minimum Gasteiger partial charge on any atom is -0.541 e. The van der Waals surface area contributed by atoms with Crippen molar-refractivity contribution in [2.45, 2.75) is 58.2 Å². The Kier molecular flexibility index (Phi) is 6.75. The molecule has 0 N–H and O–H groups in total. The second-order valence-corrected chi connectivity index (χ2v) is 14.2. The zero-order valence-corrected chi connectivity index (χ0v) is 20.9. The van der Waals surface area contributed by atoms with Crippen LogP contribution in [-0.2, 0) is 6.42 Å². The Bertz CT molecular complexity index is 1110. The molecule has 0 spiro atoms. The van der Waals surface area contributed by atoms with Gasteiger partial charge in [0.2, 0.25) is 11.7 Å². The van der Waals surface area contributed by atoms with Crippen LogP contribution in [0.25, 0.3) is 11.4 Å². The standard InChI is InChI=1S/C25H31N3O3Si/c1-17-27-24(28-30-17)19-10-8-18(9-11-19)14-21(16-26)20-12-13-22(23(15-20)29-5)31-32(6,7)25(2,3)4/h8-13,15,21H,14H2,1-7H3. The first-order valence-electron chi connectivity index (χ1n) is 10.7. The van der Waals surface area contributed by atoms with Crippen LogP contribution >= 0.6 is 0 Å². The summed E-state index contributed by atoms with van der Waals surface area (Å²) in [4.78, 5) is 4.25. The lowest BCUT2D eigenvalue weighted by molar-refractivity contribution is 0.385. The molecule has 0 aliphatic carbocycles. The third kappa shape index (κ3) is 5.20. The number of aromatic nitrogens is 2. The maximum atomic E-state index is 9.85. The third-order valence-electron chi connectivity index (χ3n) is 6.10. The Hall–Kier alpha value is -3.11. The first kappa shape index (κ1) is 23.5. The van der Waals surface area contributed by atoms with Crippen LogP contribution in [0, 0.1) is 18.3 Å². The first-order chi connectivity index (χ1) is 15.0. The molecule has 0 amide bonds. The molecule has 2 aromatic carbocycles. The number of nitriles is 1. The van der Waals surface area contributed by atoms with E-state index in [0.29, 0.717) is 23.9 Å². The zero-order chi connectivity index (χ0) is 23.5. The average Bonchev–Trinajstić information content (AvgIpc) is 3.18. The Morgan fingerprint density at radius 2 is 1.78 bits per heavy atom. The molecule has 0 saturated heterocycles. The van der Waals surface area contributed by atoms with E-state index < -0.39 is 8.32 Å². The Morgan fingerprint density at radius 3 is 2.31 bits per heavy atom. The summed E-state index contributed by atoms with van der Waals surface area (Å²) in [6, 6.07) is 16.1. The molecule has 3 aromatic rings. The molecule has 0 radical (unpaired) electrons. The summed E-state index contributed by atoms with van der Waals surface area (Å²) in [5, 5.41) is 13.9. The Labute approximate surface area is 191 Å². The summed E-state index contributed by atoms with van der Waals surface area (Å²) in [6.45, 7) is 12.8. The van der Waals surface area contributed by atoms with Gasteiger partial charge in [0.05, 0.1) is 19.1 Å².